The van der Waals surface area contributed by atoms with E-state index in [1.165, 1.54) is 6.20 Å². The molecule has 0 spiro atoms. The lowest BCUT2D eigenvalue weighted by Gasteiger charge is -2.35. The van der Waals surface area contributed by atoms with Gasteiger partial charge in [-0.05, 0) is 29.8 Å². The first kappa shape index (κ1) is 21.8. The van der Waals surface area contributed by atoms with Gasteiger partial charge in [-0.2, -0.15) is 5.10 Å². The molecule has 1 fully saturated rings. The van der Waals surface area contributed by atoms with Crippen LogP contribution in [0.5, 0.6) is 11.5 Å². The maximum atomic E-state index is 12.8. The molecule has 0 unspecified atom stereocenters. The molecule has 32 heavy (non-hydrogen) atoms. The lowest BCUT2D eigenvalue weighted by Crippen LogP contribution is -2.48. The van der Waals surface area contributed by atoms with Gasteiger partial charge < -0.3 is 14.4 Å². The summed E-state index contributed by atoms with van der Waals surface area (Å²) in [5.41, 5.74) is 1.81. The number of piperazine rings is 1. The lowest BCUT2D eigenvalue weighted by atomic mass is 10.1. The number of hydrogen-bond donors (Lipinski definition) is 0. The van der Waals surface area contributed by atoms with Gasteiger partial charge in [0.15, 0.2) is 11.5 Å². The SMILES string of the molecule is COc1ccc(CN2CCN(C(=O)CCn3ncc(=O)c4ccccc43)CC2)cc1OC. The van der Waals surface area contributed by atoms with Gasteiger partial charge in [0.05, 0.1) is 32.5 Å². The van der Waals surface area contributed by atoms with Crippen LogP contribution in [0.1, 0.15) is 12.0 Å². The first-order valence-electron chi connectivity index (χ1n) is 10.7. The Morgan fingerprint density at radius 2 is 1.75 bits per heavy atom. The van der Waals surface area contributed by atoms with E-state index in [1.807, 2.05) is 41.3 Å². The van der Waals surface area contributed by atoms with Crippen LogP contribution in [0, 0.1) is 0 Å². The zero-order valence-electron chi connectivity index (χ0n) is 18.5. The molecule has 0 atom stereocenters. The number of carbonyl (C=O) groups excluding carboxylic acids is 1. The van der Waals surface area contributed by atoms with E-state index >= 15 is 0 Å². The van der Waals surface area contributed by atoms with Crippen molar-refractivity contribution in [3.63, 3.8) is 0 Å². The van der Waals surface area contributed by atoms with E-state index in [-0.39, 0.29) is 11.3 Å². The topological polar surface area (TPSA) is 76.9 Å². The average Bonchev–Trinajstić information content (AvgIpc) is 2.84. The summed E-state index contributed by atoms with van der Waals surface area (Å²) in [6.07, 6.45) is 1.68. The van der Waals surface area contributed by atoms with Crippen molar-refractivity contribution in [1.82, 2.24) is 19.6 Å². The molecule has 4 rings (SSSR count). The molecule has 3 aromatic rings. The molecule has 2 aromatic carbocycles. The van der Waals surface area contributed by atoms with Crippen molar-refractivity contribution < 1.29 is 14.3 Å². The van der Waals surface area contributed by atoms with E-state index < -0.39 is 0 Å². The third-order valence-electron chi connectivity index (χ3n) is 5.88. The number of aromatic nitrogens is 2. The van der Waals surface area contributed by atoms with Crippen molar-refractivity contribution in [2.24, 2.45) is 0 Å². The second-order valence-electron chi connectivity index (χ2n) is 7.85. The summed E-state index contributed by atoms with van der Waals surface area (Å²) >= 11 is 0. The number of benzene rings is 2. The standard InChI is InChI=1S/C24H28N4O4/c1-31-22-8-7-18(15-23(22)32-2)17-26-11-13-27(14-12-26)24(30)9-10-28-20-6-4-3-5-19(20)21(29)16-25-28/h3-8,15-16H,9-14,17H2,1-2H3. The van der Waals surface area contributed by atoms with Crippen molar-refractivity contribution >= 4 is 16.8 Å². The molecule has 1 amide bonds. The van der Waals surface area contributed by atoms with E-state index in [4.69, 9.17) is 9.47 Å². The fourth-order valence-electron chi connectivity index (χ4n) is 4.09. The molecular weight excluding hydrogens is 408 g/mol. The fourth-order valence-corrected chi connectivity index (χ4v) is 4.09. The Morgan fingerprint density at radius 1 is 1.00 bits per heavy atom. The van der Waals surface area contributed by atoms with Crippen LogP contribution in [-0.2, 0) is 17.9 Å². The number of aryl methyl sites for hydroxylation is 1. The number of rotatable bonds is 7. The normalized spacial score (nSPS) is 14.5. The van der Waals surface area contributed by atoms with E-state index in [0.717, 1.165) is 42.2 Å². The highest BCUT2D eigenvalue weighted by Crippen LogP contribution is 2.28. The summed E-state index contributed by atoms with van der Waals surface area (Å²) in [7, 11) is 3.27. The van der Waals surface area contributed by atoms with E-state index in [0.29, 0.717) is 31.4 Å². The Hall–Kier alpha value is -3.39. The summed E-state index contributed by atoms with van der Waals surface area (Å²) in [5.74, 6) is 1.56. The van der Waals surface area contributed by atoms with Crippen molar-refractivity contribution in [2.75, 3.05) is 40.4 Å². The molecule has 0 saturated carbocycles. The van der Waals surface area contributed by atoms with E-state index in [2.05, 4.69) is 10.00 Å². The second kappa shape index (κ2) is 9.82. The summed E-state index contributed by atoms with van der Waals surface area (Å²) in [4.78, 5) is 29.0. The molecule has 0 aliphatic carbocycles. The van der Waals surface area contributed by atoms with Crippen molar-refractivity contribution in [3.05, 3.63) is 64.4 Å². The third kappa shape index (κ3) is 4.75. The molecule has 168 valence electrons. The molecule has 1 aromatic heterocycles. The lowest BCUT2D eigenvalue weighted by molar-refractivity contribution is -0.133. The van der Waals surface area contributed by atoms with Crippen molar-refractivity contribution in [3.8, 4) is 11.5 Å². The van der Waals surface area contributed by atoms with Crippen LogP contribution in [0.3, 0.4) is 0 Å². The highest BCUT2D eigenvalue weighted by Gasteiger charge is 2.21. The minimum Gasteiger partial charge on any atom is -0.493 e. The third-order valence-corrected chi connectivity index (χ3v) is 5.88. The number of hydrogen-bond acceptors (Lipinski definition) is 6. The van der Waals surface area contributed by atoms with Crippen LogP contribution in [0.2, 0.25) is 0 Å². The quantitative estimate of drug-likeness (QED) is 0.565. The Balaban J connectivity index is 1.31. The second-order valence-corrected chi connectivity index (χ2v) is 7.85. The maximum absolute atomic E-state index is 12.8. The van der Waals surface area contributed by atoms with Crippen molar-refractivity contribution in [1.29, 1.82) is 0 Å². The summed E-state index contributed by atoms with van der Waals surface area (Å²) in [5, 5.41) is 4.84. The summed E-state index contributed by atoms with van der Waals surface area (Å²) in [6, 6.07) is 13.3. The Bertz CT molecular complexity index is 1150. The Morgan fingerprint density at radius 3 is 2.50 bits per heavy atom. The maximum Gasteiger partial charge on any atom is 0.224 e. The minimum absolute atomic E-state index is 0.103. The number of ether oxygens (including phenoxy) is 2. The van der Waals surface area contributed by atoms with Crippen LogP contribution in [0.25, 0.3) is 10.9 Å². The molecule has 0 N–H and O–H groups in total. The van der Waals surface area contributed by atoms with E-state index in [1.54, 1.807) is 25.0 Å². The van der Waals surface area contributed by atoms with Gasteiger partial charge in [-0.1, -0.05) is 18.2 Å². The van der Waals surface area contributed by atoms with Gasteiger partial charge in [-0.15, -0.1) is 0 Å². The summed E-state index contributed by atoms with van der Waals surface area (Å²) in [6.45, 7) is 4.29. The Kier molecular flexibility index (Phi) is 6.70. The molecule has 2 heterocycles. The van der Waals surface area contributed by atoms with Gasteiger partial charge >= 0.3 is 0 Å². The van der Waals surface area contributed by atoms with Gasteiger partial charge in [0.25, 0.3) is 0 Å². The molecule has 1 aliphatic rings. The zero-order chi connectivity index (χ0) is 22.5. The average molecular weight is 437 g/mol. The predicted octanol–water partition coefficient (Wildman–Crippen LogP) is 2.15. The molecule has 8 nitrogen and oxygen atoms in total. The highest BCUT2D eigenvalue weighted by molar-refractivity contribution is 5.79. The number of fused-ring (bicyclic) bond motifs is 1. The Labute approximate surface area is 187 Å². The van der Waals surface area contributed by atoms with Crippen molar-refractivity contribution in [2.45, 2.75) is 19.5 Å². The van der Waals surface area contributed by atoms with Crippen LogP contribution >= 0.6 is 0 Å². The number of para-hydroxylation sites is 1. The van der Waals surface area contributed by atoms with E-state index in [9.17, 15) is 9.59 Å². The highest BCUT2D eigenvalue weighted by atomic mass is 16.5. The van der Waals surface area contributed by atoms with Gasteiger partial charge in [-0.3, -0.25) is 19.2 Å². The smallest absolute Gasteiger partial charge is 0.224 e. The van der Waals surface area contributed by atoms with Crippen LogP contribution in [-0.4, -0.2) is 65.9 Å². The minimum atomic E-state index is -0.103. The van der Waals surface area contributed by atoms with Crippen LogP contribution in [0.15, 0.2) is 53.5 Å². The molecule has 1 saturated heterocycles. The monoisotopic (exact) mass is 436 g/mol. The van der Waals surface area contributed by atoms with Gasteiger partial charge in [0.2, 0.25) is 11.3 Å². The molecule has 1 aliphatic heterocycles. The predicted molar refractivity (Wildman–Crippen MR) is 122 cm³/mol. The molecule has 0 radical (unpaired) electrons. The first-order chi connectivity index (χ1) is 15.6. The van der Waals surface area contributed by atoms with Gasteiger partial charge in [-0.25, -0.2) is 0 Å². The number of amides is 1. The molecule has 0 bridgehead atoms. The number of carbonyl (C=O) groups is 1. The number of nitrogens with zero attached hydrogens (tertiary/aromatic N) is 4. The fraction of sp³-hybridized carbons (Fsp3) is 0.375. The first-order valence-corrected chi connectivity index (χ1v) is 10.7. The zero-order valence-corrected chi connectivity index (χ0v) is 18.5. The summed E-state index contributed by atoms with van der Waals surface area (Å²) < 4.78 is 12.4. The van der Waals surface area contributed by atoms with Gasteiger partial charge in [0.1, 0.15) is 0 Å². The molecule has 8 heteroatoms. The largest absolute Gasteiger partial charge is 0.493 e. The van der Waals surface area contributed by atoms with Crippen LogP contribution < -0.4 is 14.9 Å². The van der Waals surface area contributed by atoms with Crippen LogP contribution in [0.4, 0.5) is 0 Å². The number of methoxy groups -OCH3 is 2. The van der Waals surface area contributed by atoms with Gasteiger partial charge in [0, 0.05) is 44.5 Å². The molecular formula is C24H28N4O4.